The van der Waals surface area contributed by atoms with Crippen molar-refractivity contribution < 1.29 is 0 Å². The van der Waals surface area contributed by atoms with Crippen LogP contribution in [0.5, 0.6) is 0 Å². The van der Waals surface area contributed by atoms with Crippen LogP contribution >= 0.6 is 0 Å². The van der Waals surface area contributed by atoms with E-state index in [1.807, 2.05) is 84.9 Å². The lowest BCUT2D eigenvalue weighted by molar-refractivity contribution is 0.606. The number of benzene rings is 3. The van der Waals surface area contributed by atoms with Crippen LogP contribution in [0.3, 0.4) is 0 Å². The maximum Gasteiger partial charge on any atom is 0.109 e. The summed E-state index contributed by atoms with van der Waals surface area (Å²) in [4.78, 5) is 0. The lowest BCUT2D eigenvalue weighted by Gasteiger charge is -2.32. The second kappa shape index (κ2) is 9.41. The highest BCUT2D eigenvalue weighted by atomic mass is 15.1. The van der Waals surface area contributed by atoms with E-state index in [0.717, 1.165) is 45.0 Å². The van der Waals surface area contributed by atoms with Crippen molar-refractivity contribution in [1.82, 2.24) is 0 Å². The SMILES string of the molecule is Nc1ccc(C2=CCC(N)(Nc3ccc(NC4(N)C=CC(c5ccc(N)cc5)=CC4)cc3)C=C2)cc1. The van der Waals surface area contributed by atoms with Crippen molar-refractivity contribution in [3.63, 3.8) is 0 Å². The molecule has 2 atom stereocenters. The van der Waals surface area contributed by atoms with E-state index >= 15 is 0 Å². The van der Waals surface area contributed by atoms with Gasteiger partial charge in [0, 0.05) is 35.6 Å². The van der Waals surface area contributed by atoms with Gasteiger partial charge in [-0.3, -0.25) is 0 Å². The molecule has 10 N–H and O–H groups in total. The van der Waals surface area contributed by atoms with E-state index in [9.17, 15) is 0 Å². The quantitative estimate of drug-likeness (QED) is 0.218. The molecule has 3 aromatic carbocycles. The van der Waals surface area contributed by atoms with Gasteiger partial charge in [0.15, 0.2) is 0 Å². The van der Waals surface area contributed by atoms with Crippen LogP contribution in [0.25, 0.3) is 11.1 Å². The minimum atomic E-state index is -0.656. The molecule has 0 aromatic heterocycles. The Morgan fingerprint density at radius 3 is 1.19 bits per heavy atom. The largest absolute Gasteiger partial charge is 0.399 e. The van der Waals surface area contributed by atoms with Crippen LogP contribution in [0.4, 0.5) is 22.7 Å². The number of nitrogens with one attached hydrogen (secondary N) is 2. The number of nitrogens with two attached hydrogens (primary N) is 4. The van der Waals surface area contributed by atoms with Gasteiger partial charge in [-0.1, -0.05) is 48.6 Å². The summed E-state index contributed by atoms with van der Waals surface area (Å²) in [6, 6.07) is 23.8. The summed E-state index contributed by atoms with van der Waals surface area (Å²) in [6.07, 6.45) is 13.8. The Labute approximate surface area is 212 Å². The highest BCUT2D eigenvalue weighted by Gasteiger charge is 2.25. The van der Waals surface area contributed by atoms with Gasteiger partial charge in [0.2, 0.25) is 0 Å². The second-order valence-electron chi connectivity index (χ2n) is 9.55. The molecule has 0 bridgehead atoms. The number of anilines is 4. The number of allylic oxidation sites excluding steroid dienone is 4. The molecule has 3 aromatic rings. The molecule has 0 saturated heterocycles. The lowest BCUT2D eigenvalue weighted by atomic mass is 9.93. The molecule has 0 saturated carbocycles. The number of nitrogen functional groups attached to an aromatic ring is 2. The fraction of sp³-hybridized carbons (Fsp3) is 0.133. The third-order valence-electron chi connectivity index (χ3n) is 6.57. The van der Waals surface area contributed by atoms with Gasteiger partial charge in [-0.15, -0.1) is 0 Å². The molecule has 0 heterocycles. The van der Waals surface area contributed by atoms with E-state index < -0.39 is 11.3 Å². The van der Waals surface area contributed by atoms with Crippen LogP contribution in [0.15, 0.2) is 109 Å². The molecular formula is C30H32N6. The predicted molar refractivity (Wildman–Crippen MR) is 153 cm³/mol. The molecule has 0 spiro atoms. The zero-order chi connectivity index (χ0) is 25.2. The van der Waals surface area contributed by atoms with Crippen molar-refractivity contribution in [1.29, 1.82) is 0 Å². The molecule has 0 fully saturated rings. The van der Waals surface area contributed by atoms with Gasteiger partial charge in [0.1, 0.15) is 11.3 Å². The predicted octanol–water partition coefficient (Wildman–Crippen LogP) is 5.07. The van der Waals surface area contributed by atoms with Crippen molar-refractivity contribution in [2.24, 2.45) is 11.5 Å². The van der Waals surface area contributed by atoms with Gasteiger partial charge in [-0.05, 0) is 83.0 Å². The molecule has 182 valence electrons. The molecule has 0 aliphatic heterocycles. The third-order valence-corrected chi connectivity index (χ3v) is 6.57. The minimum Gasteiger partial charge on any atom is -0.399 e. The molecule has 5 rings (SSSR count). The van der Waals surface area contributed by atoms with Crippen molar-refractivity contribution in [3.05, 3.63) is 120 Å². The van der Waals surface area contributed by atoms with Gasteiger partial charge < -0.3 is 33.6 Å². The molecule has 2 unspecified atom stereocenters. The van der Waals surface area contributed by atoms with E-state index in [1.165, 1.54) is 0 Å². The third kappa shape index (κ3) is 5.35. The fourth-order valence-electron chi connectivity index (χ4n) is 4.45. The molecule has 2 aliphatic carbocycles. The van der Waals surface area contributed by atoms with Crippen LogP contribution in [-0.2, 0) is 0 Å². The summed E-state index contributed by atoms with van der Waals surface area (Å²) in [5.41, 5.74) is 31.4. The Morgan fingerprint density at radius 2 is 0.889 bits per heavy atom. The average Bonchev–Trinajstić information content (AvgIpc) is 2.87. The molecular weight excluding hydrogens is 444 g/mol. The molecule has 0 radical (unpaired) electrons. The summed E-state index contributed by atoms with van der Waals surface area (Å²) in [6.45, 7) is 0. The molecule has 36 heavy (non-hydrogen) atoms. The minimum absolute atomic E-state index is 0.656. The van der Waals surface area contributed by atoms with Gasteiger partial charge in [-0.2, -0.15) is 0 Å². The van der Waals surface area contributed by atoms with E-state index in [0.29, 0.717) is 12.8 Å². The maximum absolute atomic E-state index is 6.61. The first-order valence-corrected chi connectivity index (χ1v) is 12.0. The Bertz CT molecular complexity index is 1240. The average molecular weight is 477 g/mol. The van der Waals surface area contributed by atoms with Crippen LogP contribution < -0.4 is 33.6 Å². The summed E-state index contributed by atoms with van der Waals surface area (Å²) in [7, 11) is 0. The Hall–Kier alpha value is -4.26. The van der Waals surface area contributed by atoms with Gasteiger partial charge in [0.25, 0.3) is 0 Å². The van der Waals surface area contributed by atoms with E-state index in [-0.39, 0.29) is 0 Å². The Kier molecular flexibility index (Phi) is 6.14. The Balaban J connectivity index is 1.19. The number of hydrogen-bond donors (Lipinski definition) is 6. The first-order chi connectivity index (χ1) is 17.3. The lowest BCUT2D eigenvalue weighted by Crippen LogP contribution is -2.46. The zero-order valence-electron chi connectivity index (χ0n) is 20.1. The van der Waals surface area contributed by atoms with E-state index in [4.69, 9.17) is 22.9 Å². The summed E-state index contributed by atoms with van der Waals surface area (Å²) < 4.78 is 0. The first-order valence-electron chi connectivity index (χ1n) is 12.0. The van der Waals surface area contributed by atoms with E-state index in [1.54, 1.807) is 0 Å². The van der Waals surface area contributed by atoms with Crippen molar-refractivity contribution in [2.45, 2.75) is 24.2 Å². The number of hydrogen-bond acceptors (Lipinski definition) is 6. The molecule has 6 heteroatoms. The van der Waals surface area contributed by atoms with Crippen molar-refractivity contribution in [2.75, 3.05) is 22.1 Å². The number of rotatable bonds is 6. The fourth-order valence-corrected chi connectivity index (χ4v) is 4.45. The van der Waals surface area contributed by atoms with Crippen LogP contribution in [0.2, 0.25) is 0 Å². The van der Waals surface area contributed by atoms with Crippen molar-refractivity contribution >= 4 is 33.9 Å². The normalized spacial score (nSPS) is 23.1. The zero-order valence-corrected chi connectivity index (χ0v) is 20.1. The summed E-state index contributed by atoms with van der Waals surface area (Å²) in [5.74, 6) is 0. The summed E-state index contributed by atoms with van der Waals surface area (Å²) in [5, 5.41) is 6.88. The van der Waals surface area contributed by atoms with Gasteiger partial charge >= 0.3 is 0 Å². The summed E-state index contributed by atoms with van der Waals surface area (Å²) >= 11 is 0. The van der Waals surface area contributed by atoms with Crippen LogP contribution in [0, 0.1) is 0 Å². The van der Waals surface area contributed by atoms with Crippen LogP contribution in [0.1, 0.15) is 24.0 Å². The monoisotopic (exact) mass is 476 g/mol. The van der Waals surface area contributed by atoms with Crippen LogP contribution in [-0.4, -0.2) is 11.3 Å². The first kappa shape index (κ1) is 23.5. The second-order valence-corrected chi connectivity index (χ2v) is 9.55. The van der Waals surface area contributed by atoms with Gasteiger partial charge in [0.05, 0.1) is 0 Å². The van der Waals surface area contributed by atoms with E-state index in [2.05, 4.69) is 34.9 Å². The topological polar surface area (TPSA) is 128 Å². The standard InChI is InChI=1S/C30H32N6/c31-25-5-1-21(2-6-25)23-13-17-29(33,18-14-23)35-27-9-11-28(12-10-27)36-30(34)19-15-24(16-20-30)22-3-7-26(32)8-4-22/h1-17,19,35-36H,18,20,31-34H2. The van der Waals surface area contributed by atoms with Gasteiger partial charge in [-0.25, -0.2) is 0 Å². The highest BCUT2D eigenvalue weighted by Crippen LogP contribution is 2.30. The molecule has 0 amide bonds. The Morgan fingerprint density at radius 1 is 0.528 bits per heavy atom. The van der Waals surface area contributed by atoms with Crippen molar-refractivity contribution in [3.8, 4) is 0 Å². The molecule has 6 nitrogen and oxygen atoms in total. The smallest absolute Gasteiger partial charge is 0.109 e. The maximum atomic E-state index is 6.61. The molecule has 2 aliphatic rings. The highest BCUT2D eigenvalue weighted by molar-refractivity contribution is 5.77.